The topological polar surface area (TPSA) is 37.9 Å². The van der Waals surface area contributed by atoms with E-state index in [9.17, 15) is 13.2 Å². The molecule has 0 radical (unpaired) electrons. The molecule has 3 heterocycles. The van der Waals surface area contributed by atoms with Crippen LogP contribution in [-0.2, 0) is 6.18 Å². The molecule has 0 amide bonds. The molecule has 4 rings (SSSR count). The molecule has 1 aliphatic rings. The zero-order chi connectivity index (χ0) is 19.0. The van der Waals surface area contributed by atoms with E-state index in [0.29, 0.717) is 22.3 Å². The van der Waals surface area contributed by atoms with Gasteiger partial charge in [-0.25, -0.2) is 0 Å². The van der Waals surface area contributed by atoms with Crippen molar-refractivity contribution in [2.45, 2.75) is 51.3 Å². The minimum absolute atomic E-state index is 0.0965. The van der Waals surface area contributed by atoms with Gasteiger partial charge in [-0.2, -0.15) is 0 Å². The molecule has 1 fully saturated rings. The van der Waals surface area contributed by atoms with Crippen LogP contribution in [0.4, 0.5) is 13.2 Å². The fraction of sp³-hybridized carbons (Fsp3) is 0.400. The molecule has 140 valence electrons. The van der Waals surface area contributed by atoms with Crippen molar-refractivity contribution in [3.63, 3.8) is 0 Å². The number of aromatic amines is 1. The molecule has 7 heteroatoms. The molecule has 1 aliphatic carbocycles. The summed E-state index contributed by atoms with van der Waals surface area (Å²) in [7, 11) is 0. The predicted molar refractivity (Wildman–Crippen MR) is 100 cm³/mol. The van der Waals surface area contributed by atoms with Gasteiger partial charge in [0, 0.05) is 0 Å². The van der Waals surface area contributed by atoms with Gasteiger partial charge in [-0.1, -0.05) is 0 Å². The van der Waals surface area contributed by atoms with E-state index in [1.54, 1.807) is 12.3 Å². The Morgan fingerprint density at radius 1 is 1.19 bits per heavy atom. The van der Waals surface area contributed by atoms with Crippen LogP contribution in [0.1, 0.15) is 43.3 Å². The third-order valence-corrected chi connectivity index (χ3v) is 5.08. The number of pyridine rings is 1. The summed E-state index contributed by atoms with van der Waals surface area (Å²) < 4.78 is 46.5. The molecule has 0 bridgehead atoms. The maximum atomic E-state index is 13.5. The minimum atomic E-state index is -4.51. The van der Waals surface area contributed by atoms with Crippen LogP contribution in [0.2, 0.25) is 0 Å². The number of nitrogens with zero attached hydrogens (tertiary/aromatic N) is 1. The molecule has 0 atom stereocenters. The summed E-state index contributed by atoms with van der Waals surface area (Å²) in [6.07, 6.45) is 4.07. The van der Waals surface area contributed by atoms with Crippen LogP contribution in [0.25, 0.3) is 22.0 Å². The van der Waals surface area contributed by atoms with Gasteiger partial charge in [-0.3, -0.25) is 0 Å². The van der Waals surface area contributed by atoms with Gasteiger partial charge < -0.3 is 0 Å². The molecule has 1 N–H and O–H groups in total. The van der Waals surface area contributed by atoms with E-state index in [-0.39, 0.29) is 11.5 Å². The van der Waals surface area contributed by atoms with Crippen molar-refractivity contribution in [3.8, 4) is 16.8 Å². The van der Waals surface area contributed by atoms with Crippen LogP contribution in [0.5, 0.6) is 5.64 Å². The van der Waals surface area contributed by atoms with Crippen molar-refractivity contribution < 1.29 is 17.9 Å². The Morgan fingerprint density at radius 2 is 1.96 bits per heavy atom. The van der Waals surface area contributed by atoms with Crippen molar-refractivity contribution in [1.29, 1.82) is 0 Å². The van der Waals surface area contributed by atoms with Crippen LogP contribution in [0, 0.1) is 6.92 Å². The summed E-state index contributed by atoms with van der Waals surface area (Å²) in [5.74, 6) is 0. The number of halogens is 3. The van der Waals surface area contributed by atoms with Gasteiger partial charge in [-0.15, -0.1) is 0 Å². The van der Waals surface area contributed by atoms with E-state index in [4.69, 9.17) is 4.74 Å². The molecule has 1 saturated carbocycles. The van der Waals surface area contributed by atoms with Crippen molar-refractivity contribution in [2.75, 3.05) is 0 Å². The second-order valence-corrected chi connectivity index (χ2v) is 7.19. The number of alkyl halides is 3. The fourth-order valence-corrected chi connectivity index (χ4v) is 3.87. The quantitative estimate of drug-likeness (QED) is 0.649. The summed E-state index contributed by atoms with van der Waals surface area (Å²) in [5.41, 5.74) is 2.40. The van der Waals surface area contributed by atoms with Crippen molar-refractivity contribution in [1.82, 2.24) is 9.97 Å². The Morgan fingerprint density at radius 3 is 2.70 bits per heavy atom. The van der Waals surface area contributed by atoms with E-state index in [1.165, 1.54) is 12.6 Å². The van der Waals surface area contributed by atoms with E-state index in [2.05, 4.69) is 9.97 Å². The molecule has 27 heavy (non-hydrogen) atoms. The van der Waals surface area contributed by atoms with Crippen LogP contribution in [-0.4, -0.2) is 23.0 Å². The first-order valence-electron chi connectivity index (χ1n) is 9.24. The Labute approximate surface area is 156 Å². The van der Waals surface area contributed by atoms with E-state index in [1.807, 2.05) is 26.0 Å². The third kappa shape index (κ3) is 3.73. The summed E-state index contributed by atoms with van der Waals surface area (Å²) >= 11 is 0. The van der Waals surface area contributed by atoms with E-state index >= 15 is 0 Å². The zero-order valence-electron chi connectivity index (χ0n) is 15.1. The predicted octanol–water partition coefficient (Wildman–Crippen LogP) is 5.61. The summed E-state index contributed by atoms with van der Waals surface area (Å²) in [4.78, 5) is 6.54. The van der Waals surface area contributed by atoms with Crippen molar-refractivity contribution >= 4 is 17.8 Å². The van der Waals surface area contributed by atoms with Gasteiger partial charge >= 0.3 is 156 Å². The van der Waals surface area contributed by atoms with Crippen LogP contribution >= 0.6 is 0 Å². The Kier molecular flexibility index (Phi) is 4.70. The average molecular weight is 372 g/mol. The fourth-order valence-electron chi connectivity index (χ4n) is 3.87. The molecule has 0 aliphatic heterocycles. The average Bonchev–Trinajstić information content (AvgIpc) is 3.05. The number of H-pyrrole nitrogens is 1. The molecule has 0 unspecified atom stereocenters. The second kappa shape index (κ2) is 7.02. The van der Waals surface area contributed by atoms with Gasteiger partial charge in [0.15, 0.2) is 0 Å². The number of rotatable bonds is 3. The molecule has 0 aromatic carbocycles. The number of hydrogen-bond donors (Lipinski definition) is 1. The van der Waals surface area contributed by atoms with Crippen molar-refractivity contribution in [2.24, 2.45) is 0 Å². The molecule has 3 aromatic heterocycles. The Hall–Kier alpha value is -2.31. The number of nitrogens with one attached hydrogen (secondary N) is 1. The summed E-state index contributed by atoms with van der Waals surface area (Å²) in [6, 6.07) is 5.27. The second-order valence-electron chi connectivity index (χ2n) is 7.19. The van der Waals surface area contributed by atoms with Gasteiger partial charge in [0.2, 0.25) is 0 Å². The molecule has 3 aromatic rings. The standard InChI is InChI=1S/C20H20BF3N2O/c1-12-9-13(10-17(21-12)27-14-5-3-2-4-6-14)15-11-26-16-7-8-25-19(18(15)16)20(22,23)24/h7-11,14,26H,2-6H2,1H3. The number of fused-ring (bicyclic) bond motifs is 1. The van der Waals surface area contributed by atoms with E-state index in [0.717, 1.165) is 31.1 Å². The number of hydrogen-bond acceptors (Lipinski definition) is 2. The maximum absolute atomic E-state index is 13.5. The van der Waals surface area contributed by atoms with Crippen LogP contribution in [0.3, 0.4) is 0 Å². The van der Waals surface area contributed by atoms with Gasteiger partial charge in [0.05, 0.1) is 0 Å². The summed E-state index contributed by atoms with van der Waals surface area (Å²) in [5, 5.41) is 0.0965. The van der Waals surface area contributed by atoms with Gasteiger partial charge in [-0.05, 0) is 0 Å². The molecular weight excluding hydrogens is 352 g/mol. The first kappa shape index (κ1) is 18.1. The van der Waals surface area contributed by atoms with Gasteiger partial charge in [0.25, 0.3) is 0 Å². The molecular formula is C20H20BF3N2O. The Bertz CT molecular complexity index is 962. The van der Waals surface area contributed by atoms with Gasteiger partial charge in [0.1, 0.15) is 0 Å². The SMILES string of the molecule is Cc1bc(OC2CCCCC2)cc(-c2c[nH]c3ccnc(C(F)(F)F)c23)c1. The number of aromatic nitrogens is 2. The third-order valence-electron chi connectivity index (χ3n) is 5.08. The molecule has 3 nitrogen and oxygen atoms in total. The number of ether oxygens (including phenoxy) is 1. The Balaban J connectivity index is 1.77. The normalized spacial score (nSPS) is 15.9. The monoisotopic (exact) mass is 372 g/mol. The van der Waals surface area contributed by atoms with E-state index < -0.39 is 11.9 Å². The first-order valence-corrected chi connectivity index (χ1v) is 9.24. The zero-order valence-corrected chi connectivity index (χ0v) is 15.1. The van der Waals surface area contributed by atoms with Crippen LogP contribution in [0.15, 0.2) is 30.6 Å². The van der Waals surface area contributed by atoms with Crippen molar-refractivity contribution in [3.05, 3.63) is 41.7 Å². The number of aryl methyl sites for hydroxylation is 1. The first-order chi connectivity index (χ1) is 12.9. The summed E-state index contributed by atoms with van der Waals surface area (Å²) in [6.45, 7) is 3.87. The van der Waals surface area contributed by atoms with Crippen LogP contribution < -0.4 is 4.74 Å². The molecule has 0 spiro atoms. The molecule has 0 saturated heterocycles.